The highest BCUT2D eigenvalue weighted by Gasteiger charge is 2.25. The lowest BCUT2D eigenvalue weighted by Gasteiger charge is -2.10. The normalized spacial score (nSPS) is 10.4. The molecule has 0 spiro atoms. The lowest BCUT2D eigenvalue weighted by atomic mass is 9.99. The van der Waals surface area contributed by atoms with E-state index in [1.54, 1.807) is 12.1 Å². The number of rotatable bonds is 4. The van der Waals surface area contributed by atoms with Crippen LogP contribution in [0.1, 0.15) is 32.9 Å². The molecule has 3 rings (SSSR count). The molecule has 0 saturated heterocycles. The molecular weight excluding hydrogens is 324 g/mol. The van der Waals surface area contributed by atoms with E-state index in [9.17, 15) is 10.1 Å². The van der Waals surface area contributed by atoms with E-state index in [4.69, 9.17) is 4.74 Å². The minimum Gasteiger partial charge on any atom is -0.465 e. The van der Waals surface area contributed by atoms with Crippen LogP contribution in [0.25, 0.3) is 11.1 Å². The third-order valence-corrected chi connectivity index (χ3v) is 4.64. The van der Waals surface area contributed by atoms with Gasteiger partial charge in [0, 0.05) is 23.5 Å². The summed E-state index contributed by atoms with van der Waals surface area (Å²) in [5.74, 6) is -0.366. The molecule has 0 aliphatic heterocycles. The molecule has 0 atom stereocenters. The van der Waals surface area contributed by atoms with E-state index in [2.05, 4.69) is 22.8 Å². The van der Waals surface area contributed by atoms with Crippen molar-refractivity contribution in [3.8, 4) is 17.2 Å². The number of ether oxygens (including phenoxy) is 1. The summed E-state index contributed by atoms with van der Waals surface area (Å²) in [6, 6.07) is 19.6. The van der Waals surface area contributed by atoms with E-state index in [0.717, 1.165) is 28.1 Å². The summed E-state index contributed by atoms with van der Waals surface area (Å²) >= 11 is 0. The molecule has 0 aliphatic carbocycles. The van der Waals surface area contributed by atoms with Crippen molar-refractivity contribution in [3.63, 3.8) is 0 Å². The van der Waals surface area contributed by atoms with Crippen molar-refractivity contribution in [2.24, 2.45) is 0 Å². The summed E-state index contributed by atoms with van der Waals surface area (Å²) < 4.78 is 7.16. The lowest BCUT2D eigenvalue weighted by Crippen LogP contribution is -2.07. The molecular formula is C22H20N2O2. The van der Waals surface area contributed by atoms with E-state index >= 15 is 0 Å². The van der Waals surface area contributed by atoms with Crippen LogP contribution in [0.2, 0.25) is 0 Å². The molecule has 0 saturated carbocycles. The Kier molecular flexibility index (Phi) is 4.90. The van der Waals surface area contributed by atoms with Crippen LogP contribution in [0.5, 0.6) is 0 Å². The maximum atomic E-state index is 12.5. The quantitative estimate of drug-likeness (QED) is 0.656. The highest BCUT2D eigenvalue weighted by molar-refractivity contribution is 5.99. The van der Waals surface area contributed by atoms with Gasteiger partial charge in [-0.1, -0.05) is 42.5 Å². The van der Waals surface area contributed by atoms with E-state index in [0.29, 0.717) is 17.7 Å². The van der Waals surface area contributed by atoms with Crippen LogP contribution in [-0.4, -0.2) is 17.6 Å². The topological polar surface area (TPSA) is 55.0 Å². The second-order valence-corrected chi connectivity index (χ2v) is 6.18. The number of hydrogen-bond acceptors (Lipinski definition) is 3. The summed E-state index contributed by atoms with van der Waals surface area (Å²) in [5.41, 5.74) is 5.77. The second-order valence-electron chi connectivity index (χ2n) is 6.18. The van der Waals surface area contributed by atoms with Gasteiger partial charge in [0.2, 0.25) is 0 Å². The van der Waals surface area contributed by atoms with Gasteiger partial charge in [0.1, 0.15) is 0 Å². The molecule has 0 N–H and O–H groups in total. The summed E-state index contributed by atoms with van der Waals surface area (Å²) in [6.07, 6.45) is 0. The Hall–Kier alpha value is -3.32. The van der Waals surface area contributed by atoms with Crippen LogP contribution in [0.3, 0.4) is 0 Å². The molecule has 130 valence electrons. The summed E-state index contributed by atoms with van der Waals surface area (Å²) in [5, 5.41) is 9.21. The minimum atomic E-state index is -0.366. The van der Waals surface area contributed by atoms with Gasteiger partial charge in [0.15, 0.2) is 0 Å². The number of carbonyl (C=O) groups is 1. The van der Waals surface area contributed by atoms with Crippen LogP contribution < -0.4 is 0 Å². The number of esters is 1. The summed E-state index contributed by atoms with van der Waals surface area (Å²) in [7, 11) is 1.39. The Bertz CT molecular complexity index is 995. The van der Waals surface area contributed by atoms with Gasteiger partial charge in [-0.2, -0.15) is 5.26 Å². The SMILES string of the molecule is COC(=O)c1c(-c2cccc(C#N)c2)c(C)n(Cc2ccccc2)c1C. The Labute approximate surface area is 153 Å². The molecule has 0 radical (unpaired) electrons. The largest absolute Gasteiger partial charge is 0.465 e. The molecule has 1 aromatic heterocycles. The zero-order chi connectivity index (χ0) is 18.7. The van der Waals surface area contributed by atoms with Crippen molar-refractivity contribution in [2.45, 2.75) is 20.4 Å². The first-order valence-electron chi connectivity index (χ1n) is 8.39. The maximum absolute atomic E-state index is 12.5. The van der Waals surface area contributed by atoms with Gasteiger partial charge in [-0.05, 0) is 37.1 Å². The standard InChI is InChI=1S/C22H20N2O2/c1-15-20(19-11-7-10-18(12-19)13-23)21(22(25)26-3)16(2)24(15)14-17-8-5-4-6-9-17/h4-12H,14H2,1-3H3. The van der Waals surface area contributed by atoms with Gasteiger partial charge < -0.3 is 9.30 Å². The number of benzene rings is 2. The zero-order valence-electron chi connectivity index (χ0n) is 15.1. The van der Waals surface area contributed by atoms with E-state index in [1.807, 2.05) is 44.2 Å². The summed E-state index contributed by atoms with van der Waals surface area (Å²) in [4.78, 5) is 12.5. The molecule has 0 aliphatic rings. The minimum absolute atomic E-state index is 0.366. The third-order valence-electron chi connectivity index (χ3n) is 4.64. The molecule has 0 fully saturated rings. The Balaban J connectivity index is 2.21. The van der Waals surface area contributed by atoms with Crippen LogP contribution in [0.4, 0.5) is 0 Å². The lowest BCUT2D eigenvalue weighted by molar-refractivity contribution is 0.0600. The monoisotopic (exact) mass is 344 g/mol. The molecule has 1 heterocycles. The molecule has 26 heavy (non-hydrogen) atoms. The van der Waals surface area contributed by atoms with Crippen molar-refractivity contribution >= 4 is 5.97 Å². The maximum Gasteiger partial charge on any atom is 0.340 e. The first kappa shape index (κ1) is 17.5. The fourth-order valence-corrected chi connectivity index (χ4v) is 3.34. The van der Waals surface area contributed by atoms with Crippen LogP contribution in [-0.2, 0) is 11.3 Å². The van der Waals surface area contributed by atoms with Crippen molar-refractivity contribution < 1.29 is 9.53 Å². The number of carbonyl (C=O) groups excluding carboxylic acids is 1. The zero-order valence-corrected chi connectivity index (χ0v) is 15.1. The average molecular weight is 344 g/mol. The Morgan fingerprint density at radius 3 is 2.46 bits per heavy atom. The fourth-order valence-electron chi connectivity index (χ4n) is 3.34. The molecule has 0 bridgehead atoms. The van der Waals surface area contributed by atoms with Gasteiger partial charge in [0.05, 0.1) is 24.3 Å². The number of nitriles is 1. The second kappa shape index (κ2) is 7.28. The number of hydrogen-bond donors (Lipinski definition) is 0. The van der Waals surface area contributed by atoms with Crippen molar-refractivity contribution in [3.05, 3.63) is 82.7 Å². The molecule has 0 unspecified atom stereocenters. The van der Waals surface area contributed by atoms with Gasteiger partial charge in [-0.15, -0.1) is 0 Å². The Morgan fingerprint density at radius 2 is 1.81 bits per heavy atom. The summed E-state index contributed by atoms with van der Waals surface area (Å²) in [6.45, 7) is 4.59. The van der Waals surface area contributed by atoms with Crippen molar-refractivity contribution in [1.29, 1.82) is 5.26 Å². The van der Waals surface area contributed by atoms with Gasteiger partial charge in [-0.25, -0.2) is 4.79 Å². The smallest absolute Gasteiger partial charge is 0.340 e. The predicted octanol–water partition coefficient (Wildman–Crippen LogP) is 4.48. The highest BCUT2D eigenvalue weighted by atomic mass is 16.5. The number of nitrogens with zero attached hydrogens (tertiary/aromatic N) is 2. The van der Waals surface area contributed by atoms with Crippen LogP contribution >= 0.6 is 0 Å². The van der Waals surface area contributed by atoms with E-state index in [-0.39, 0.29) is 5.97 Å². The van der Waals surface area contributed by atoms with Gasteiger partial charge in [0.25, 0.3) is 0 Å². The first-order chi connectivity index (χ1) is 12.6. The molecule has 2 aromatic carbocycles. The Morgan fingerprint density at radius 1 is 1.08 bits per heavy atom. The first-order valence-corrected chi connectivity index (χ1v) is 8.39. The predicted molar refractivity (Wildman–Crippen MR) is 101 cm³/mol. The van der Waals surface area contributed by atoms with Crippen LogP contribution in [0, 0.1) is 25.2 Å². The molecule has 0 amide bonds. The molecule has 3 aromatic rings. The number of aromatic nitrogens is 1. The number of methoxy groups -OCH3 is 1. The van der Waals surface area contributed by atoms with E-state index < -0.39 is 0 Å². The van der Waals surface area contributed by atoms with Crippen molar-refractivity contribution in [2.75, 3.05) is 7.11 Å². The van der Waals surface area contributed by atoms with E-state index in [1.165, 1.54) is 7.11 Å². The fraction of sp³-hybridized carbons (Fsp3) is 0.182. The average Bonchev–Trinajstić information content (AvgIpc) is 2.93. The van der Waals surface area contributed by atoms with Crippen molar-refractivity contribution in [1.82, 2.24) is 4.57 Å². The molecule has 4 heteroatoms. The highest BCUT2D eigenvalue weighted by Crippen LogP contribution is 2.34. The third kappa shape index (κ3) is 3.12. The molecule has 4 nitrogen and oxygen atoms in total. The van der Waals surface area contributed by atoms with Gasteiger partial charge >= 0.3 is 5.97 Å². The van der Waals surface area contributed by atoms with Crippen LogP contribution in [0.15, 0.2) is 54.6 Å². The van der Waals surface area contributed by atoms with Gasteiger partial charge in [-0.3, -0.25) is 0 Å².